The molecule has 0 aliphatic rings. The Morgan fingerprint density at radius 3 is 2.37 bits per heavy atom. The molecule has 3 nitrogen and oxygen atoms in total. The molecule has 1 atom stereocenters. The number of carboxylic acids is 1. The normalized spacial score (nSPS) is 12.1. The summed E-state index contributed by atoms with van der Waals surface area (Å²) in [5.74, 6) is -0.947. The topological polar surface area (TPSA) is 54.4 Å². The average molecular weight is 262 g/mol. The van der Waals surface area contributed by atoms with Crippen LogP contribution in [0.15, 0.2) is 30.3 Å². The van der Waals surface area contributed by atoms with Crippen LogP contribution in [-0.2, 0) is 9.59 Å². The van der Waals surface area contributed by atoms with Crippen LogP contribution >= 0.6 is 0 Å². The van der Waals surface area contributed by atoms with Crippen LogP contribution < -0.4 is 0 Å². The lowest BCUT2D eigenvalue weighted by Crippen LogP contribution is -2.14. The Morgan fingerprint density at radius 2 is 1.79 bits per heavy atom. The fourth-order valence-electron chi connectivity index (χ4n) is 2.19. The average Bonchev–Trinajstić information content (AvgIpc) is 2.40. The van der Waals surface area contributed by atoms with Gasteiger partial charge in [0.1, 0.15) is 5.78 Å². The van der Waals surface area contributed by atoms with Crippen LogP contribution in [0.2, 0.25) is 0 Å². The number of benzene rings is 1. The van der Waals surface area contributed by atoms with E-state index in [1.807, 2.05) is 30.3 Å². The minimum atomic E-state index is -0.845. The number of unbranched alkanes of at least 4 members (excludes halogenated alkanes) is 2. The van der Waals surface area contributed by atoms with Crippen molar-refractivity contribution in [1.29, 1.82) is 0 Å². The molecule has 0 bridgehead atoms. The lowest BCUT2D eigenvalue weighted by atomic mass is 9.88. The predicted molar refractivity (Wildman–Crippen MR) is 75.2 cm³/mol. The molecule has 19 heavy (non-hydrogen) atoms. The highest BCUT2D eigenvalue weighted by Crippen LogP contribution is 2.24. The molecule has 0 amide bonds. The summed E-state index contributed by atoms with van der Waals surface area (Å²) in [4.78, 5) is 22.9. The van der Waals surface area contributed by atoms with Crippen LogP contribution in [0.5, 0.6) is 0 Å². The molecule has 0 saturated heterocycles. The van der Waals surface area contributed by atoms with E-state index in [-0.39, 0.29) is 18.1 Å². The summed E-state index contributed by atoms with van der Waals surface area (Å²) in [7, 11) is 0. The van der Waals surface area contributed by atoms with Crippen molar-refractivity contribution in [3.8, 4) is 0 Å². The number of hydrogen-bond donors (Lipinski definition) is 1. The Morgan fingerprint density at radius 1 is 1.11 bits per heavy atom. The monoisotopic (exact) mass is 262 g/mol. The fraction of sp³-hybridized carbons (Fsp3) is 0.500. The second-order valence-corrected chi connectivity index (χ2v) is 4.82. The summed E-state index contributed by atoms with van der Waals surface area (Å²) in [6.45, 7) is 2.10. The maximum absolute atomic E-state index is 12.2. The molecular weight excluding hydrogens is 240 g/mol. The Hall–Kier alpha value is -1.64. The van der Waals surface area contributed by atoms with Gasteiger partial charge in [0.25, 0.3) is 0 Å². The number of aliphatic carboxylic acids is 1. The van der Waals surface area contributed by atoms with E-state index in [2.05, 4.69) is 6.92 Å². The lowest BCUT2D eigenvalue weighted by Gasteiger charge is -2.15. The Balaban J connectivity index is 2.69. The quantitative estimate of drug-likeness (QED) is 0.689. The van der Waals surface area contributed by atoms with Crippen LogP contribution in [-0.4, -0.2) is 16.9 Å². The van der Waals surface area contributed by atoms with E-state index in [1.165, 1.54) is 0 Å². The van der Waals surface area contributed by atoms with Crippen molar-refractivity contribution in [2.75, 3.05) is 0 Å². The lowest BCUT2D eigenvalue weighted by molar-refractivity contribution is -0.137. The first kappa shape index (κ1) is 15.4. The molecule has 0 fully saturated rings. The van der Waals surface area contributed by atoms with Gasteiger partial charge in [-0.2, -0.15) is 0 Å². The molecule has 0 heterocycles. The molecule has 104 valence electrons. The van der Waals surface area contributed by atoms with E-state index in [0.29, 0.717) is 12.8 Å². The second-order valence-electron chi connectivity index (χ2n) is 4.82. The van der Waals surface area contributed by atoms with Crippen molar-refractivity contribution < 1.29 is 14.7 Å². The van der Waals surface area contributed by atoms with Crippen molar-refractivity contribution in [3.63, 3.8) is 0 Å². The third-order valence-electron chi connectivity index (χ3n) is 3.26. The van der Waals surface area contributed by atoms with E-state index in [4.69, 9.17) is 5.11 Å². The van der Waals surface area contributed by atoms with Gasteiger partial charge in [0, 0.05) is 18.8 Å². The second kappa shape index (κ2) is 8.46. The third kappa shape index (κ3) is 5.69. The SMILES string of the molecule is CCCCCC(=O)C(CCC(=O)O)c1ccccc1. The first-order valence-corrected chi connectivity index (χ1v) is 6.94. The van der Waals surface area contributed by atoms with Gasteiger partial charge in [0.15, 0.2) is 0 Å². The van der Waals surface area contributed by atoms with Crippen LogP contribution in [0.1, 0.15) is 56.9 Å². The van der Waals surface area contributed by atoms with E-state index in [9.17, 15) is 9.59 Å². The van der Waals surface area contributed by atoms with Gasteiger partial charge in [-0.1, -0.05) is 50.1 Å². The molecule has 0 aromatic heterocycles. The number of carbonyl (C=O) groups excluding carboxylic acids is 1. The van der Waals surface area contributed by atoms with Crippen LogP contribution in [0.25, 0.3) is 0 Å². The maximum Gasteiger partial charge on any atom is 0.303 e. The van der Waals surface area contributed by atoms with Crippen LogP contribution in [0.4, 0.5) is 0 Å². The van der Waals surface area contributed by atoms with Gasteiger partial charge in [-0.15, -0.1) is 0 Å². The number of Topliss-reactive ketones (excluding diaryl/α,β-unsaturated/α-hetero) is 1. The molecule has 1 rings (SSSR count). The number of hydrogen-bond acceptors (Lipinski definition) is 2. The number of ketones is 1. The third-order valence-corrected chi connectivity index (χ3v) is 3.26. The molecule has 3 heteroatoms. The van der Waals surface area contributed by atoms with E-state index >= 15 is 0 Å². The van der Waals surface area contributed by atoms with Gasteiger partial charge in [-0.25, -0.2) is 0 Å². The zero-order chi connectivity index (χ0) is 14.1. The van der Waals surface area contributed by atoms with Crippen molar-refractivity contribution in [2.24, 2.45) is 0 Å². The van der Waals surface area contributed by atoms with Gasteiger partial charge < -0.3 is 5.11 Å². The van der Waals surface area contributed by atoms with E-state index in [1.54, 1.807) is 0 Å². The van der Waals surface area contributed by atoms with Crippen molar-refractivity contribution >= 4 is 11.8 Å². The molecule has 0 radical (unpaired) electrons. The first-order chi connectivity index (χ1) is 9.15. The first-order valence-electron chi connectivity index (χ1n) is 6.94. The van der Waals surface area contributed by atoms with Crippen molar-refractivity contribution in [3.05, 3.63) is 35.9 Å². The van der Waals surface area contributed by atoms with Gasteiger partial charge in [-0.3, -0.25) is 9.59 Å². The molecule has 0 aliphatic carbocycles. The summed E-state index contributed by atoms with van der Waals surface area (Å²) >= 11 is 0. The van der Waals surface area contributed by atoms with Crippen LogP contribution in [0, 0.1) is 0 Å². The highest BCUT2D eigenvalue weighted by Gasteiger charge is 2.20. The van der Waals surface area contributed by atoms with E-state index < -0.39 is 5.97 Å². The smallest absolute Gasteiger partial charge is 0.303 e. The molecule has 1 aromatic rings. The van der Waals surface area contributed by atoms with Gasteiger partial charge in [-0.05, 0) is 18.4 Å². The summed E-state index contributed by atoms with van der Waals surface area (Å²) in [6.07, 6.45) is 4.01. The van der Waals surface area contributed by atoms with Gasteiger partial charge in [0.05, 0.1) is 0 Å². The van der Waals surface area contributed by atoms with Crippen LogP contribution in [0.3, 0.4) is 0 Å². The number of carbonyl (C=O) groups is 2. The highest BCUT2D eigenvalue weighted by molar-refractivity contribution is 5.86. The van der Waals surface area contributed by atoms with E-state index in [0.717, 1.165) is 24.8 Å². The Bertz CT molecular complexity index is 398. The largest absolute Gasteiger partial charge is 0.481 e. The predicted octanol–water partition coefficient (Wildman–Crippen LogP) is 3.78. The minimum absolute atomic E-state index is 0.0408. The van der Waals surface area contributed by atoms with Crippen molar-refractivity contribution in [1.82, 2.24) is 0 Å². The molecule has 0 aliphatic heterocycles. The molecule has 0 saturated carbocycles. The molecule has 0 spiro atoms. The minimum Gasteiger partial charge on any atom is -0.481 e. The number of rotatable bonds is 9. The maximum atomic E-state index is 12.2. The zero-order valence-corrected chi connectivity index (χ0v) is 11.5. The summed E-state index contributed by atoms with van der Waals surface area (Å²) in [6, 6.07) is 9.50. The molecule has 1 aromatic carbocycles. The van der Waals surface area contributed by atoms with Gasteiger partial charge in [0.2, 0.25) is 0 Å². The van der Waals surface area contributed by atoms with Gasteiger partial charge >= 0.3 is 5.97 Å². The highest BCUT2D eigenvalue weighted by atomic mass is 16.4. The standard InChI is InChI=1S/C16H22O3/c1-2-3-5-10-15(17)14(11-12-16(18)19)13-8-6-4-7-9-13/h4,6-9,14H,2-3,5,10-12H2,1H3,(H,18,19). The molecule has 1 unspecified atom stereocenters. The zero-order valence-electron chi connectivity index (χ0n) is 11.5. The summed E-state index contributed by atoms with van der Waals surface area (Å²) < 4.78 is 0. The Labute approximate surface area is 114 Å². The Kier molecular flexibility index (Phi) is 6.86. The van der Waals surface area contributed by atoms with Crippen molar-refractivity contribution in [2.45, 2.75) is 51.4 Å². The fourth-order valence-corrected chi connectivity index (χ4v) is 2.19. The number of carboxylic acid groups (broad SMARTS) is 1. The molecular formula is C16H22O3. The summed E-state index contributed by atoms with van der Waals surface area (Å²) in [5, 5.41) is 8.79. The molecule has 1 N–H and O–H groups in total. The summed E-state index contributed by atoms with van der Waals surface area (Å²) in [5.41, 5.74) is 0.935.